The van der Waals surface area contributed by atoms with Gasteiger partial charge in [0, 0.05) is 65.0 Å². The second-order valence-corrected chi connectivity index (χ2v) is 12.6. The first-order chi connectivity index (χ1) is 21.2. The summed E-state index contributed by atoms with van der Waals surface area (Å²) in [6, 6.07) is 14.1. The van der Waals surface area contributed by atoms with Gasteiger partial charge in [0.15, 0.2) is 11.5 Å². The second-order valence-electron chi connectivity index (χ2n) is 12.6. The summed E-state index contributed by atoms with van der Waals surface area (Å²) in [5, 5.41) is 10.3. The molecule has 10 heteroatoms. The molecular weight excluding hydrogens is 574 g/mol. The van der Waals surface area contributed by atoms with Crippen molar-refractivity contribution in [2.24, 2.45) is 5.92 Å². The maximum atomic E-state index is 13.7. The van der Waals surface area contributed by atoms with Gasteiger partial charge in [0.1, 0.15) is 5.60 Å². The summed E-state index contributed by atoms with van der Waals surface area (Å²) in [7, 11) is 3.39. The molecule has 250 valence electrons. The molecule has 1 atom stereocenters. The van der Waals surface area contributed by atoms with Crippen LogP contribution >= 0.6 is 0 Å². The molecule has 0 aliphatic rings. The Morgan fingerprint density at radius 2 is 1.67 bits per heavy atom. The average Bonchev–Trinajstić information content (AvgIpc) is 2.97. The number of benzene rings is 2. The van der Waals surface area contributed by atoms with Crippen LogP contribution in [0.25, 0.3) is 0 Å². The lowest BCUT2D eigenvalue weighted by molar-refractivity contribution is -0.129. The van der Waals surface area contributed by atoms with Gasteiger partial charge in [-0.3, -0.25) is 9.59 Å². The van der Waals surface area contributed by atoms with Crippen molar-refractivity contribution in [2.45, 2.75) is 72.4 Å². The van der Waals surface area contributed by atoms with Gasteiger partial charge >= 0.3 is 6.09 Å². The van der Waals surface area contributed by atoms with Crippen LogP contribution < -0.4 is 4.74 Å². The van der Waals surface area contributed by atoms with Crippen molar-refractivity contribution in [3.63, 3.8) is 0 Å². The summed E-state index contributed by atoms with van der Waals surface area (Å²) in [6.45, 7) is 13.8. The fourth-order valence-corrected chi connectivity index (χ4v) is 4.84. The maximum absolute atomic E-state index is 13.7. The molecule has 1 N–H and O–H groups in total. The third-order valence-electron chi connectivity index (χ3n) is 7.29. The molecule has 0 aromatic heterocycles. The molecule has 0 saturated carbocycles. The largest absolute Gasteiger partial charge is 0.504 e. The molecule has 2 aromatic carbocycles. The molecule has 0 aliphatic heterocycles. The number of carbonyl (C=O) groups is 3. The molecule has 45 heavy (non-hydrogen) atoms. The standard InChI is InChI=1S/C35H53N3O7/c1-9-37(34(42)45-35(4,5)6)25-28(24-36(7)32(40)22-27-14-11-10-12-15-27)18-19-38(26(2)3)33(41)29-16-17-30(39)31(23-29)44-21-13-20-43-8/h10-12,14-17,23,26,28,39H,9,13,18-22,24-25H2,1-8H3/t28-/m1/s1. The van der Waals surface area contributed by atoms with Crippen LogP contribution in [0.4, 0.5) is 4.79 Å². The summed E-state index contributed by atoms with van der Waals surface area (Å²) in [5.41, 5.74) is 0.695. The minimum Gasteiger partial charge on any atom is -0.504 e. The van der Waals surface area contributed by atoms with Gasteiger partial charge in [0.2, 0.25) is 5.91 Å². The zero-order valence-electron chi connectivity index (χ0n) is 28.4. The van der Waals surface area contributed by atoms with Gasteiger partial charge in [-0.25, -0.2) is 4.79 Å². The van der Waals surface area contributed by atoms with Crippen molar-refractivity contribution < 1.29 is 33.7 Å². The summed E-state index contributed by atoms with van der Waals surface area (Å²) >= 11 is 0. The van der Waals surface area contributed by atoms with E-state index >= 15 is 0 Å². The van der Waals surface area contributed by atoms with Crippen LogP contribution in [0.3, 0.4) is 0 Å². The molecule has 0 radical (unpaired) electrons. The van der Waals surface area contributed by atoms with Crippen molar-refractivity contribution in [1.29, 1.82) is 0 Å². The van der Waals surface area contributed by atoms with Crippen molar-refractivity contribution >= 4 is 17.9 Å². The van der Waals surface area contributed by atoms with E-state index in [-0.39, 0.29) is 41.7 Å². The topological polar surface area (TPSA) is 109 Å². The molecule has 2 aromatic rings. The lowest BCUT2D eigenvalue weighted by Gasteiger charge is -2.33. The number of methoxy groups -OCH3 is 1. The Hall–Kier alpha value is -3.79. The number of aromatic hydroxyl groups is 1. The number of phenols is 1. The van der Waals surface area contributed by atoms with Crippen LogP contribution in [-0.4, -0.2) is 103 Å². The predicted molar refractivity (Wildman–Crippen MR) is 176 cm³/mol. The van der Waals surface area contributed by atoms with E-state index in [1.54, 1.807) is 41.0 Å². The van der Waals surface area contributed by atoms with Gasteiger partial charge in [-0.15, -0.1) is 0 Å². The number of carbonyl (C=O) groups excluding carboxylic acids is 3. The molecule has 10 nitrogen and oxygen atoms in total. The zero-order valence-corrected chi connectivity index (χ0v) is 28.4. The first-order valence-corrected chi connectivity index (χ1v) is 15.8. The highest BCUT2D eigenvalue weighted by Crippen LogP contribution is 2.28. The summed E-state index contributed by atoms with van der Waals surface area (Å²) in [5.74, 6) is -0.141. The minimum absolute atomic E-state index is 0.0227. The van der Waals surface area contributed by atoms with Gasteiger partial charge in [-0.1, -0.05) is 30.3 Å². The first-order valence-electron chi connectivity index (χ1n) is 15.8. The normalized spacial score (nSPS) is 12.0. The second kappa shape index (κ2) is 18.2. The first kappa shape index (κ1) is 37.4. The summed E-state index contributed by atoms with van der Waals surface area (Å²) in [6.07, 6.45) is 1.06. The van der Waals surface area contributed by atoms with Crippen molar-refractivity contribution in [3.8, 4) is 11.5 Å². The Labute approximate surface area is 269 Å². The Morgan fingerprint density at radius 3 is 2.27 bits per heavy atom. The van der Waals surface area contributed by atoms with Crippen molar-refractivity contribution in [2.75, 3.05) is 53.6 Å². The van der Waals surface area contributed by atoms with E-state index in [0.29, 0.717) is 57.8 Å². The maximum Gasteiger partial charge on any atom is 0.410 e. The average molecular weight is 628 g/mol. The summed E-state index contributed by atoms with van der Waals surface area (Å²) < 4.78 is 16.4. The van der Waals surface area contributed by atoms with E-state index in [9.17, 15) is 19.5 Å². The molecule has 0 fully saturated rings. The number of nitrogens with zero attached hydrogens (tertiary/aromatic N) is 3. The van der Waals surface area contributed by atoms with Gasteiger partial charge in [0.25, 0.3) is 5.91 Å². The SMILES string of the molecule is CCN(C[C@H](CCN(C(=O)c1ccc(O)c(OCCCOC)c1)C(C)C)CN(C)C(=O)Cc1ccccc1)C(=O)OC(C)(C)C. The Morgan fingerprint density at radius 1 is 0.978 bits per heavy atom. The number of amides is 3. The van der Waals surface area contributed by atoms with E-state index in [2.05, 4.69) is 0 Å². The molecule has 0 unspecified atom stereocenters. The monoisotopic (exact) mass is 627 g/mol. The van der Waals surface area contributed by atoms with Crippen molar-refractivity contribution in [3.05, 3.63) is 59.7 Å². The number of likely N-dealkylation sites (N-methyl/N-ethyl adjacent to an activating group) is 1. The molecule has 0 spiro atoms. The Kier molecular flexibility index (Phi) is 15.2. The fraction of sp³-hybridized carbons (Fsp3) is 0.571. The molecule has 0 bridgehead atoms. The molecular formula is C35H53N3O7. The third kappa shape index (κ3) is 13.0. The van der Waals surface area contributed by atoms with E-state index in [0.717, 1.165) is 5.56 Å². The van der Waals surface area contributed by atoms with E-state index in [4.69, 9.17) is 14.2 Å². The van der Waals surface area contributed by atoms with Gasteiger partial charge in [-0.2, -0.15) is 0 Å². The smallest absolute Gasteiger partial charge is 0.410 e. The summed E-state index contributed by atoms with van der Waals surface area (Å²) in [4.78, 5) is 45.0. The number of ether oxygens (including phenoxy) is 3. The zero-order chi connectivity index (χ0) is 33.6. The molecule has 0 aliphatic carbocycles. The molecule has 2 rings (SSSR count). The lowest BCUT2D eigenvalue weighted by Crippen LogP contribution is -2.44. The highest BCUT2D eigenvalue weighted by Gasteiger charge is 2.27. The number of rotatable bonds is 17. The minimum atomic E-state index is -0.639. The van der Waals surface area contributed by atoms with Crippen LogP contribution in [0.5, 0.6) is 11.5 Å². The quantitative estimate of drug-likeness (QED) is 0.227. The van der Waals surface area contributed by atoms with Crippen LogP contribution in [0.2, 0.25) is 0 Å². The van der Waals surface area contributed by atoms with Crippen LogP contribution in [0.15, 0.2) is 48.5 Å². The number of hydrogen-bond donors (Lipinski definition) is 1. The third-order valence-corrected chi connectivity index (χ3v) is 7.29. The fourth-order valence-electron chi connectivity index (χ4n) is 4.84. The van der Waals surface area contributed by atoms with Crippen LogP contribution in [0, 0.1) is 5.92 Å². The van der Waals surface area contributed by atoms with E-state index in [1.807, 2.05) is 71.9 Å². The van der Waals surface area contributed by atoms with Crippen LogP contribution in [0.1, 0.15) is 70.3 Å². The molecule has 0 heterocycles. The highest BCUT2D eigenvalue weighted by atomic mass is 16.6. The van der Waals surface area contributed by atoms with Gasteiger partial charge in [0.05, 0.1) is 13.0 Å². The van der Waals surface area contributed by atoms with E-state index < -0.39 is 11.7 Å². The highest BCUT2D eigenvalue weighted by molar-refractivity contribution is 5.95. The molecule has 0 saturated heterocycles. The predicted octanol–water partition coefficient (Wildman–Crippen LogP) is 5.62. The van der Waals surface area contributed by atoms with Gasteiger partial charge in [-0.05, 0) is 77.6 Å². The van der Waals surface area contributed by atoms with E-state index in [1.165, 1.54) is 6.07 Å². The van der Waals surface area contributed by atoms with Crippen LogP contribution in [-0.2, 0) is 20.7 Å². The van der Waals surface area contributed by atoms with Gasteiger partial charge < -0.3 is 34.0 Å². The van der Waals surface area contributed by atoms with Crippen molar-refractivity contribution in [1.82, 2.24) is 14.7 Å². The lowest BCUT2D eigenvalue weighted by atomic mass is 10.0. The number of hydrogen-bond acceptors (Lipinski definition) is 7. The molecule has 3 amide bonds. The Bertz CT molecular complexity index is 1210. The Balaban J connectivity index is 2.23. The number of phenolic OH excluding ortho intramolecular Hbond substituents is 1.